The second-order valence-corrected chi connectivity index (χ2v) is 5.77. The van der Waals surface area contributed by atoms with Crippen molar-refractivity contribution in [2.45, 2.75) is 5.50 Å². The summed E-state index contributed by atoms with van der Waals surface area (Å²) >= 11 is 4.84. The van der Waals surface area contributed by atoms with Gasteiger partial charge < -0.3 is 5.73 Å². The van der Waals surface area contributed by atoms with E-state index in [2.05, 4.69) is 4.99 Å². The maximum Gasteiger partial charge on any atom is 0.155 e. The minimum atomic E-state index is -0.120. The van der Waals surface area contributed by atoms with Crippen LogP contribution in [0.2, 0.25) is 0 Å². The Balaban J connectivity index is 2.58. The van der Waals surface area contributed by atoms with Crippen LogP contribution in [0.25, 0.3) is 0 Å². The molecule has 1 heterocycles. The van der Waals surface area contributed by atoms with Crippen molar-refractivity contribution < 1.29 is 0 Å². The first-order valence-corrected chi connectivity index (χ1v) is 5.26. The maximum absolute atomic E-state index is 5.33. The van der Waals surface area contributed by atoms with Crippen LogP contribution in [0.4, 0.5) is 0 Å². The average molecular weight is 152 g/mol. The van der Waals surface area contributed by atoms with Crippen LogP contribution in [0.15, 0.2) is 4.99 Å². The molecule has 1 aliphatic heterocycles. The normalized spacial score (nSPS) is 39.6. The largest absolute Gasteiger partial charge is 0.300 e. The SMILES string of the molecule is NC1N=CS(=S)S1. The molecule has 0 amide bonds. The summed E-state index contributed by atoms with van der Waals surface area (Å²) in [5.41, 5.74) is 6.97. The van der Waals surface area contributed by atoms with E-state index in [1.807, 2.05) is 0 Å². The second kappa shape index (κ2) is 2.21. The molecule has 5 heteroatoms. The van der Waals surface area contributed by atoms with Crippen LogP contribution in [0.1, 0.15) is 0 Å². The van der Waals surface area contributed by atoms with Crippen molar-refractivity contribution in [2.75, 3.05) is 0 Å². The third-order valence-corrected chi connectivity index (χ3v) is 3.67. The average Bonchev–Trinajstić information content (AvgIpc) is 1.87. The van der Waals surface area contributed by atoms with Gasteiger partial charge in [0.05, 0.1) is 5.55 Å². The summed E-state index contributed by atoms with van der Waals surface area (Å²) in [6.07, 6.45) is 0. The van der Waals surface area contributed by atoms with Gasteiger partial charge in [-0.2, -0.15) is 0 Å². The molecule has 0 aromatic carbocycles. The summed E-state index contributed by atoms with van der Waals surface area (Å²) in [5.74, 6) is 0. The van der Waals surface area contributed by atoms with Crippen LogP contribution in [-0.2, 0) is 19.7 Å². The van der Waals surface area contributed by atoms with E-state index >= 15 is 0 Å². The van der Waals surface area contributed by atoms with Gasteiger partial charge in [0.2, 0.25) is 0 Å². The molecule has 0 fully saturated rings. The molecule has 2 atom stereocenters. The van der Waals surface area contributed by atoms with Crippen molar-refractivity contribution in [3.05, 3.63) is 0 Å². The van der Waals surface area contributed by atoms with Gasteiger partial charge in [0.25, 0.3) is 0 Å². The molecular weight excluding hydrogens is 148 g/mol. The lowest BCUT2D eigenvalue weighted by atomic mass is 11.2. The van der Waals surface area contributed by atoms with Crippen molar-refractivity contribution in [1.29, 1.82) is 0 Å². The van der Waals surface area contributed by atoms with Crippen molar-refractivity contribution in [2.24, 2.45) is 10.7 Å². The van der Waals surface area contributed by atoms with E-state index in [1.54, 1.807) is 5.55 Å². The molecule has 0 spiro atoms. The predicted molar refractivity (Wildman–Crippen MR) is 38.8 cm³/mol. The Bertz CT molecular complexity index is 120. The number of rotatable bonds is 0. The van der Waals surface area contributed by atoms with Gasteiger partial charge in [0.1, 0.15) is 0 Å². The molecule has 7 heavy (non-hydrogen) atoms. The number of aliphatic imine (C=N–C) groups is 1. The lowest BCUT2D eigenvalue weighted by molar-refractivity contribution is 1.01. The van der Waals surface area contributed by atoms with E-state index in [-0.39, 0.29) is 14.0 Å². The monoisotopic (exact) mass is 152 g/mol. The summed E-state index contributed by atoms with van der Waals surface area (Å²) < 4.78 is 0. The molecule has 1 rings (SSSR count). The molecule has 2 unspecified atom stereocenters. The quantitative estimate of drug-likeness (QED) is 0.497. The molecule has 0 aromatic rings. The lowest BCUT2D eigenvalue weighted by Crippen LogP contribution is -2.07. The molecule has 0 radical (unpaired) electrons. The van der Waals surface area contributed by atoms with Gasteiger partial charge in [-0.05, 0) is 30.5 Å². The molecule has 2 nitrogen and oxygen atoms in total. The van der Waals surface area contributed by atoms with Crippen molar-refractivity contribution >= 4 is 36.0 Å². The fourth-order valence-corrected chi connectivity index (χ4v) is 2.82. The summed E-state index contributed by atoms with van der Waals surface area (Å²) in [4.78, 5) is 3.84. The topological polar surface area (TPSA) is 38.4 Å². The summed E-state index contributed by atoms with van der Waals surface area (Å²) in [7, 11) is 1.40. The molecule has 0 aliphatic carbocycles. The zero-order valence-electron chi connectivity index (χ0n) is 3.40. The standard InChI is InChI=1S/C2H4N2S3/c3-2-4-1-7(5)6-2/h1-2H,3H2. The number of nitrogens with zero attached hydrogens (tertiary/aromatic N) is 1. The highest BCUT2D eigenvalue weighted by atomic mass is 33.3. The van der Waals surface area contributed by atoms with Crippen molar-refractivity contribution in [1.82, 2.24) is 0 Å². The van der Waals surface area contributed by atoms with E-state index in [0.29, 0.717) is 0 Å². The first-order chi connectivity index (χ1) is 3.29. The van der Waals surface area contributed by atoms with Gasteiger partial charge in [-0.3, -0.25) is 4.99 Å². The van der Waals surface area contributed by atoms with Crippen LogP contribution >= 0.6 is 10.8 Å². The Kier molecular flexibility index (Phi) is 1.80. The highest BCUT2D eigenvalue weighted by Crippen LogP contribution is 2.17. The van der Waals surface area contributed by atoms with Crippen LogP contribution in [-0.4, -0.2) is 11.0 Å². The van der Waals surface area contributed by atoms with Gasteiger partial charge in [0.15, 0.2) is 5.50 Å². The number of nitrogens with two attached hydrogens (primary N) is 1. The molecule has 1 aliphatic rings. The fourth-order valence-electron chi connectivity index (χ4n) is 0.257. The Morgan fingerprint density at radius 3 is 2.86 bits per heavy atom. The molecular formula is C2H4N2S3. The van der Waals surface area contributed by atoms with Crippen molar-refractivity contribution in [3.8, 4) is 0 Å². The molecule has 40 valence electrons. The number of hydrogen-bond donors (Lipinski definition) is 1. The smallest absolute Gasteiger partial charge is 0.155 e. The van der Waals surface area contributed by atoms with Crippen LogP contribution in [0.5, 0.6) is 0 Å². The van der Waals surface area contributed by atoms with Gasteiger partial charge in [-0.1, -0.05) is 0 Å². The Hall–Kier alpha value is 0.550. The minimum absolute atomic E-state index is 0.0826. The third kappa shape index (κ3) is 1.49. The van der Waals surface area contributed by atoms with E-state index in [9.17, 15) is 0 Å². The summed E-state index contributed by atoms with van der Waals surface area (Å²) in [6.45, 7) is 0. The Labute approximate surface area is 52.6 Å². The predicted octanol–water partition coefficient (Wildman–Crippen LogP) is -0.001000. The lowest BCUT2D eigenvalue weighted by Gasteiger charge is -1.90. The van der Waals surface area contributed by atoms with E-state index in [4.69, 9.17) is 16.9 Å². The Morgan fingerprint density at radius 2 is 2.71 bits per heavy atom. The van der Waals surface area contributed by atoms with Crippen LogP contribution in [0, 0.1) is 0 Å². The molecule has 0 saturated carbocycles. The highest BCUT2D eigenvalue weighted by molar-refractivity contribution is 8.87. The molecule has 2 N–H and O–H groups in total. The fraction of sp³-hybridized carbons (Fsp3) is 0.500. The van der Waals surface area contributed by atoms with Gasteiger partial charge in [0, 0.05) is 0 Å². The van der Waals surface area contributed by atoms with Gasteiger partial charge in [-0.25, -0.2) is 0 Å². The highest BCUT2D eigenvalue weighted by Gasteiger charge is 2.06. The van der Waals surface area contributed by atoms with Crippen LogP contribution < -0.4 is 5.73 Å². The maximum atomic E-state index is 5.33. The summed E-state index contributed by atoms with van der Waals surface area (Å²) in [6, 6.07) is 0. The van der Waals surface area contributed by atoms with Gasteiger partial charge in [-0.15, -0.1) is 0 Å². The zero-order chi connectivity index (χ0) is 5.28. The van der Waals surface area contributed by atoms with E-state index < -0.39 is 0 Å². The molecule has 0 saturated heterocycles. The van der Waals surface area contributed by atoms with E-state index in [0.717, 1.165) is 0 Å². The van der Waals surface area contributed by atoms with Crippen LogP contribution in [0.3, 0.4) is 0 Å². The first-order valence-electron chi connectivity index (χ1n) is 1.65. The number of hydrogen-bond acceptors (Lipinski definition) is 4. The summed E-state index contributed by atoms with van der Waals surface area (Å²) in [5, 5.41) is 0. The third-order valence-electron chi connectivity index (χ3n) is 0.487. The van der Waals surface area contributed by atoms with E-state index in [1.165, 1.54) is 10.8 Å². The zero-order valence-corrected chi connectivity index (χ0v) is 5.85. The first kappa shape index (κ1) is 5.68. The second-order valence-electron chi connectivity index (χ2n) is 1.00. The minimum Gasteiger partial charge on any atom is -0.300 e. The van der Waals surface area contributed by atoms with Crippen molar-refractivity contribution in [3.63, 3.8) is 0 Å². The molecule has 0 aromatic heterocycles. The van der Waals surface area contributed by atoms with Gasteiger partial charge >= 0.3 is 0 Å². The Morgan fingerprint density at radius 1 is 2.00 bits per heavy atom. The molecule has 0 bridgehead atoms.